The molecule has 18 heavy (non-hydrogen) atoms. The van der Waals surface area contributed by atoms with Gasteiger partial charge in [-0.1, -0.05) is 17.7 Å². The first-order valence-corrected chi connectivity index (χ1v) is 6.57. The third-order valence-electron chi connectivity index (χ3n) is 3.07. The standard InChI is InChI=1S/C14H21ClN2O/c1-13(2)8-17(9-14(3,4)18-13)11-7-5-6-10(15)12(11)16/h5-7H,8-9,16H2,1-4H3. The molecule has 0 atom stereocenters. The zero-order valence-electron chi connectivity index (χ0n) is 11.5. The Hall–Kier alpha value is -0.930. The highest BCUT2D eigenvalue weighted by atomic mass is 35.5. The molecule has 1 fully saturated rings. The Balaban J connectivity index is 2.36. The van der Waals surface area contributed by atoms with E-state index in [0.29, 0.717) is 10.7 Å². The molecule has 0 aromatic heterocycles. The number of anilines is 2. The third-order valence-corrected chi connectivity index (χ3v) is 3.40. The van der Waals surface area contributed by atoms with Gasteiger partial charge in [-0.3, -0.25) is 0 Å². The van der Waals surface area contributed by atoms with E-state index in [1.54, 1.807) is 0 Å². The lowest BCUT2D eigenvalue weighted by Gasteiger charge is -2.48. The van der Waals surface area contributed by atoms with Gasteiger partial charge in [0.25, 0.3) is 0 Å². The molecule has 2 rings (SSSR count). The summed E-state index contributed by atoms with van der Waals surface area (Å²) in [5.41, 5.74) is 7.32. The number of nitrogens with zero attached hydrogens (tertiary/aromatic N) is 1. The van der Waals surface area contributed by atoms with Crippen LogP contribution in [-0.4, -0.2) is 24.3 Å². The summed E-state index contributed by atoms with van der Waals surface area (Å²) in [6, 6.07) is 5.76. The van der Waals surface area contributed by atoms with Crippen molar-refractivity contribution in [3.8, 4) is 0 Å². The summed E-state index contributed by atoms with van der Waals surface area (Å²) in [5.74, 6) is 0. The van der Waals surface area contributed by atoms with Gasteiger partial charge in [0.1, 0.15) is 0 Å². The Labute approximate surface area is 114 Å². The first-order chi connectivity index (χ1) is 8.20. The molecule has 0 saturated carbocycles. The molecule has 0 bridgehead atoms. The topological polar surface area (TPSA) is 38.5 Å². The second kappa shape index (κ2) is 4.32. The molecular formula is C14H21ClN2O. The Morgan fingerprint density at radius 1 is 1.17 bits per heavy atom. The molecular weight excluding hydrogens is 248 g/mol. The highest BCUT2D eigenvalue weighted by Crippen LogP contribution is 2.36. The Morgan fingerprint density at radius 3 is 2.28 bits per heavy atom. The first kappa shape index (κ1) is 13.5. The second-order valence-electron chi connectivity index (χ2n) is 6.15. The molecule has 0 unspecified atom stereocenters. The van der Waals surface area contributed by atoms with E-state index in [4.69, 9.17) is 22.1 Å². The molecule has 1 aliphatic heterocycles. The number of rotatable bonds is 1. The number of nitrogens with two attached hydrogens (primary N) is 1. The molecule has 100 valence electrons. The largest absolute Gasteiger partial charge is 0.396 e. The SMILES string of the molecule is CC1(C)CN(c2cccc(Cl)c2N)CC(C)(C)O1. The summed E-state index contributed by atoms with van der Waals surface area (Å²) < 4.78 is 6.07. The number of ether oxygens (including phenoxy) is 1. The summed E-state index contributed by atoms with van der Waals surface area (Å²) in [6.45, 7) is 10.0. The van der Waals surface area contributed by atoms with Crippen LogP contribution in [0.4, 0.5) is 11.4 Å². The molecule has 3 nitrogen and oxygen atoms in total. The quantitative estimate of drug-likeness (QED) is 0.794. The van der Waals surface area contributed by atoms with Crippen LogP contribution in [0.25, 0.3) is 0 Å². The summed E-state index contributed by atoms with van der Waals surface area (Å²) in [5, 5.41) is 0.606. The minimum atomic E-state index is -0.198. The zero-order valence-corrected chi connectivity index (χ0v) is 12.2. The lowest BCUT2D eigenvalue weighted by molar-refractivity contribution is -0.133. The lowest BCUT2D eigenvalue weighted by atomic mass is 9.98. The maximum Gasteiger partial charge on any atom is 0.0808 e. The monoisotopic (exact) mass is 268 g/mol. The van der Waals surface area contributed by atoms with Crippen molar-refractivity contribution in [2.45, 2.75) is 38.9 Å². The van der Waals surface area contributed by atoms with Crippen molar-refractivity contribution in [3.05, 3.63) is 23.2 Å². The average Bonchev–Trinajstić information content (AvgIpc) is 2.17. The molecule has 1 heterocycles. The van der Waals surface area contributed by atoms with E-state index in [1.165, 1.54) is 0 Å². The van der Waals surface area contributed by atoms with Gasteiger partial charge in [0, 0.05) is 13.1 Å². The van der Waals surface area contributed by atoms with E-state index in [9.17, 15) is 0 Å². The van der Waals surface area contributed by atoms with Gasteiger partial charge in [0.15, 0.2) is 0 Å². The van der Waals surface area contributed by atoms with Crippen LogP contribution in [-0.2, 0) is 4.74 Å². The molecule has 1 aromatic rings. The summed E-state index contributed by atoms with van der Waals surface area (Å²) in [7, 11) is 0. The van der Waals surface area contributed by atoms with E-state index in [0.717, 1.165) is 18.8 Å². The second-order valence-corrected chi connectivity index (χ2v) is 6.56. The Morgan fingerprint density at radius 2 is 1.72 bits per heavy atom. The van der Waals surface area contributed by atoms with Gasteiger partial charge in [0.2, 0.25) is 0 Å². The number of morpholine rings is 1. The van der Waals surface area contributed by atoms with Crippen molar-refractivity contribution >= 4 is 23.0 Å². The maximum absolute atomic E-state index is 6.09. The van der Waals surface area contributed by atoms with Crippen LogP contribution < -0.4 is 10.6 Å². The number of hydrogen-bond donors (Lipinski definition) is 1. The Kier molecular flexibility index (Phi) is 3.24. The van der Waals surface area contributed by atoms with Crippen LogP contribution in [0.5, 0.6) is 0 Å². The zero-order chi connectivity index (χ0) is 13.6. The first-order valence-electron chi connectivity index (χ1n) is 6.19. The van der Waals surface area contributed by atoms with Crippen LogP contribution in [0.2, 0.25) is 5.02 Å². The van der Waals surface area contributed by atoms with Crippen molar-refractivity contribution in [2.75, 3.05) is 23.7 Å². The number of hydrogen-bond acceptors (Lipinski definition) is 3. The summed E-state index contributed by atoms with van der Waals surface area (Å²) >= 11 is 6.09. The van der Waals surface area contributed by atoms with Crippen LogP contribution in [0.3, 0.4) is 0 Å². The van der Waals surface area contributed by atoms with Gasteiger partial charge in [-0.25, -0.2) is 0 Å². The van der Waals surface area contributed by atoms with E-state index in [-0.39, 0.29) is 11.2 Å². The number of nitrogen functional groups attached to an aromatic ring is 1. The smallest absolute Gasteiger partial charge is 0.0808 e. The average molecular weight is 269 g/mol. The Bertz CT molecular complexity index is 441. The molecule has 0 radical (unpaired) electrons. The van der Waals surface area contributed by atoms with Crippen LogP contribution in [0, 0.1) is 0 Å². The fraction of sp³-hybridized carbons (Fsp3) is 0.571. The van der Waals surface area contributed by atoms with Crippen molar-refractivity contribution in [1.82, 2.24) is 0 Å². The maximum atomic E-state index is 6.09. The van der Waals surface area contributed by atoms with Crippen molar-refractivity contribution in [3.63, 3.8) is 0 Å². The molecule has 2 N–H and O–H groups in total. The summed E-state index contributed by atoms with van der Waals surface area (Å²) in [6.07, 6.45) is 0. The van der Waals surface area contributed by atoms with Crippen molar-refractivity contribution in [1.29, 1.82) is 0 Å². The van der Waals surface area contributed by atoms with Crippen molar-refractivity contribution < 1.29 is 4.74 Å². The predicted molar refractivity (Wildman–Crippen MR) is 77.3 cm³/mol. The van der Waals surface area contributed by atoms with Gasteiger partial charge in [-0.15, -0.1) is 0 Å². The summed E-state index contributed by atoms with van der Waals surface area (Å²) in [4.78, 5) is 2.25. The molecule has 0 amide bonds. The number of para-hydroxylation sites is 1. The minimum absolute atomic E-state index is 0.198. The highest BCUT2D eigenvalue weighted by molar-refractivity contribution is 6.33. The van der Waals surface area contributed by atoms with Crippen molar-refractivity contribution in [2.24, 2.45) is 0 Å². The predicted octanol–water partition coefficient (Wildman–Crippen LogP) is 3.32. The fourth-order valence-corrected chi connectivity index (χ4v) is 2.93. The van der Waals surface area contributed by atoms with E-state index in [2.05, 4.69) is 32.6 Å². The highest BCUT2D eigenvalue weighted by Gasteiger charge is 2.38. The van der Waals surface area contributed by atoms with Gasteiger partial charge in [0.05, 0.1) is 27.6 Å². The third kappa shape index (κ3) is 2.73. The van der Waals surface area contributed by atoms with Crippen LogP contribution in [0.1, 0.15) is 27.7 Å². The molecule has 0 aliphatic carbocycles. The minimum Gasteiger partial charge on any atom is -0.396 e. The molecule has 1 saturated heterocycles. The number of benzene rings is 1. The fourth-order valence-electron chi connectivity index (χ4n) is 2.76. The van der Waals surface area contributed by atoms with E-state index in [1.807, 2.05) is 18.2 Å². The molecule has 1 aromatic carbocycles. The molecule has 4 heteroatoms. The van der Waals surface area contributed by atoms with Gasteiger partial charge in [-0.2, -0.15) is 0 Å². The van der Waals surface area contributed by atoms with E-state index < -0.39 is 0 Å². The van der Waals surface area contributed by atoms with E-state index >= 15 is 0 Å². The number of halogens is 1. The normalized spacial score (nSPS) is 21.9. The van der Waals surface area contributed by atoms with Gasteiger partial charge < -0.3 is 15.4 Å². The van der Waals surface area contributed by atoms with Gasteiger partial charge >= 0.3 is 0 Å². The lowest BCUT2D eigenvalue weighted by Crippen LogP contribution is -2.57. The molecule has 1 aliphatic rings. The van der Waals surface area contributed by atoms with Gasteiger partial charge in [-0.05, 0) is 39.8 Å². The van der Waals surface area contributed by atoms with Crippen LogP contribution in [0.15, 0.2) is 18.2 Å². The molecule has 0 spiro atoms. The van der Waals surface area contributed by atoms with Crippen LogP contribution >= 0.6 is 11.6 Å².